The molecule has 0 fully saturated rings. The summed E-state index contributed by atoms with van der Waals surface area (Å²) in [4.78, 5) is 10.4. The van der Waals surface area contributed by atoms with E-state index in [4.69, 9.17) is 10.8 Å². The summed E-state index contributed by atoms with van der Waals surface area (Å²) in [6.45, 7) is 0.744. The molecule has 0 saturated carbocycles. The number of carboxylic acid groups (broad SMARTS) is 1. The molecule has 0 saturated heterocycles. The topological polar surface area (TPSA) is 63.3 Å². The first-order chi connectivity index (χ1) is 7.95. The second-order valence-corrected chi connectivity index (χ2v) is 3.97. The van der Waals surface area contributed by atoms with Crippen LogP contribution in [-0.4, -0.2) is 11.1 Å². The first kappa shape index (κ1) is 13.6. The number of carboxylic acids is 1. The van der Waals surface area contributed by atoms with E-state index in [1.165, 1.54) is 6.07 Å². The molecule has 94 valence electrons. The average molecular weight is 243 g/mol. The molecule has 0 amide bonds. The molecule has 5 heteroatoms. The fraction of sp³-hybridized carbons (Fsp3) is 0.417. The van der Waals surface area contributed by atoms with Crippen LogP contribution in [0.5, 0.6) is 0 Å². The summed E-state index contributed by atoms with van der Waals surface area (Å²) in [7, 11) is 0. The second-order valence-electron chi connectivity index (χ2n) is 3.97. The zero-order chi connectivity index (χ0) is 13.0. The number of rotatable bonds is 5. The fourth-order valence-electron chi connectivity index (χ4n) is 1.63. The van der Waals surface area contributed by atoms with Crippen molar-refractivity contribution < 1.29 is 18.7 Å². The van der Waals surface area contributed by atoms with E-state index in [-0.39, 0.29) is 18.4 Å². The monoisotopic (exact) mass is 243 g/mol. The molecule has 0 heterocycles. The zero-order valence-corrected chi connectivity index (χ0v) is 9.54. The summed E-state index contributed by atoms with van der Waals surface area (Å²) in [6, 6.07) is 2.23. The normalized spacial score (nSPS) is 12.5. The third kappa shape index (κ3) is 3.49. The maximum Gasteiger partial charge on any atom is 0.303 e. The molecule has 1 aromatic rings. The lowest BCUT2D eigenvalue weighted by molar-refractivity contribution is -0.137. The number of halogens is 2. The van der Waals surface area contributed by atoms with Gasteiger partial charge in [0.05, 0.1) is 0 Å². The van der Waals surface area contributed by atoms with E-state index in [0.717, 1.165) is 0 Å². The minimum absolute atomic E-state index is 0.0270. The molecule has 0 aliphatic heterocycles. The fourth-order valence-corrected chi connectivity index (χ4v) is 1.63. The Morgan fingerprint density at radius 3 is 2.65 bits per heavy atom. The van der Waals surface area contributed by atoms with E-state index in [2.05, 4.69) is 0 Å². The number of benzene rings is 1. The van der Waals surface area contributed by atoms with Gasteiger partial charge in [0.25, 0.3) is 0 Å². The van der Waals surface area contributed by atoms with Gasteiger partial charge in [-0.15, -0.1) is 0 Å². The lowest BCUT2D eigenvalue weighted by Gasteiger charge is -2.13. The molecule has 3 N–H and O–H groups in total. The van der Waals surface area contributed by atoms with E-state index in [0.29, 0.717) is 11.1 Å². The molecule has 0 aromatic heterocycles. The lowest BCUT2D eigenvalue weighted by atomic mass is 9.98. The zero-order valence-electron chi connectivity index (χ0n) is 9.54. The minimum atomic E-state index is -0.946. The Kier molecular flexibility index (Phi) is 4.57. The third-order valence-corrected chi connectivity index (χ3v) is 2.67. The Morgan fingerprint density at radius 1 is 1.53 bits per heavy atom. The van der Waals surface area contributed by atoms with Gasteiger partial charge in [-0.05, 0) is 30.5 Å². The van der Waals surface area contributed by atoms with E-state index in [1.54, 1.807) is 13.0 Å². The Hall–Kier alpha value is -1.49. The van der Waals surface area contributed by atoms with Crippen molar-refractivity contribution >= 4 is 5.97 Å². The van der Waals surface area contributed by atoms with Crippen molar-refractivity contribution in [3.8, 4) is 0 Å². The van der Waals surface area contributed by atoms with Gasteiger partial charge in [0.2, 0.25) is 0 Å². The van der Waals surface area contributed by atoms with Crippen molar-refractivity contribution in [3.05, 3.63) is 34.6 Å². The Bertz CT molecular complexity index is 398. The number of aryl methyl sites for hydroxylation is 1. The number of aliphatic carboxylic acids is 1. The number of hydrogen-bond acceptors (Lipinski definition) is 2. The van der Waals surface area contributed by atoms with E-state index in [1.807, 2.05) is 0 Å². The van der Waals surface area contributed by atoms with Gasteiger partial charge in [0.15, 0.2) is 0 Å². The predicted molar refractivity (Wildman–Crippen MR) is 59.7 cm³/mol. The van der Waals surface area contributed by atoms with Crippen LogP contribution in [0.15, 0.2) is 12.1 Å². The van der Waals surface area contributed by atoms with Gasteiger partial charge in [-0.3, -0.25) is 4.79 Å². The summed E-state index contributed by atoms with van der Waals surface area (Å²) in [5.74, 6) is -1.58. The summed E-state index contributed by atoms with van der Waals surface area (Å²) in [6.07, 6.45) is 0.149. The van der Waals surface area contributed by atoms with Gasteiger partial charge in [-0.25, -0.2) is 8.78 Å². The van der Waals surface area contributed by atoms with Crippen LogP contribution in [-0.2, 0) is 11.5 Å². The summed E-state index contributed by atoms with van der Waals surface area (Å²) in [5, 5.41) is 8.52. The SMILES string of the molecule is Cc1cc(C(N)CCC(=O)O)cc(F)c1CF. The molecular formula is C12H15F2NO2. The first-order valence-corrected chi connectivity index (χ1v) is 5.28. The van der Waals surface area contributed by atoms with Gasteiger partial charge in [0, 0.05) is 18.0 Å². The van der Waals surface area contributed by atoms with Crippen molar-refractivity contribution in [2.75, 3.05) is 0 Å². The van der Waals surface area contributed by atoms with Crippen molar-refractivity contribution in [2.24, 2.45) is 5.73 Å². The third-order valence-electron chi connectivity index (χ3n) is 2.67. The molecule has 0 bridgehead atoms. The van der Waals surface area contributed by atoms with Crippen LogP contribution in [0.2, 0.25) is 0 Å². The quantitative estimate of drug-likeness (QED) is 0.835. The molecule has 0 aliphatic rings. The predicted octanol–water partition coefficient (Wildman–Crippen LogP) is 2.47. The van der Waals surface area contributed by atoms with E-state index >= 15 is 0 Å². The second kappa shape index (κ2) is 5.72. The Balaban J connectivity index is 2.88. The highest BCUT2D eigenvalue weighted by Crippen LogP contribution is 2.22. The molecule has 3 nitrogen and oxygen atoms in total. The molecule has 0 aliphatic carbocycles. The number of nitrogens with two attached hydrogens (primary N) is 1. The first-order valence-electron chi connectivity index (χ1n) is 5.28. The van der Waals surface area contributed by atoms with Crippen molar-refractivity contribution in [1.29, 1.82) is 0 Å². The summed E-state index contributed by atoms with van der Waals surface area (Å²) >= 11 is 0. The van der Waals surface area contributed by atoms with Gasteiger partial charge < -0.3 is 10.8 Å². The maximum absolute atomic E-state index is 13.5. The van der Waals surface area contributed by atoms with Crippen LogP contribution in [0, 0.1) is 12.7 Å². The van der Waals surface area contributed by atoms with Crippen LogP contribution in [0.1, 0.15) is 35.6 Å². The summed E-state index contributed by atoms with van der Waals surface area (Å²) < 4.78 is 25.9. The molecular weight excluding hydrogens is 228 g/mol. The van der Waals surface area contributed by atoms with Gasteiger partial charge in [-0.2, -0.15) is 0 Å². The van der Waals surface area contributed by atoms with E-state index < -0.39 is 24.5 Å². The molecule has 17 heavy (non-hydrogen) atoms. The Morgan fingerprint density at radius 2 is 2.18 bits per heavy atom. The van der Waals surface area contributed by atoms with Crippen molar-refractivity contribution in [3.63, 3.8) is 0 Å². The minimum Gasteiger partial charge on any atom is -0.481 e. The average Bonchev–Trinajstić information content (AvgIpc) is 2.25. The highest BCUT2D eigenvalue weighted by Gasteiger charge is 2.13. The van der Waals surface area contributed by atoms with E-state index in [9.17, 15) is 13.6 Å². The van der Waals surface area contributed by atoms with Crippen LogP contribution in [0.4, 0.5) is 8.78 Å². The molecule has 0 spiro atoms. The number of alkyl halides is 1. The number of carbonyl (C=O) groups is 1. The molecule has 1 rings (SSSR count). The highest BCUT2D eigenvalue weighted by atomic mass is 19.1. The van der Waals surface area contributed by atoms with Crippen LogP contribution in [0.3, 0.4) is 0 Å². The smallest absolute Gasteiger partial charge is 0.303 e. The highest BCUT2D eigenvalue weighted by molar-refractivity contribution is 5.66. The largest absolute Gasteiger partial charge is 0.481 e. The number of hydrogen-bond donors (Lipinski definition) is 2. The van der Waals surface area contributed by atoms with Crippen LogP contribution < -0.4 is 5.73 Å². The van der Waals surface area contributed by atoms with Crippen molar-refractivity contribution in [1.82, 2.24) is 0 Å². The maximum atomic E-state index is 13.5. The van der Waals surface area contributed by atoms with Gasteiger partial charge in [-0.1, -0.05) is 6.07 Å². The molecule has 1 atom stereocenters. The Labute approximate surface area is 98.2 Å². The van der Waals surface area contributed by atoms with Crippen molar-refractivity contribution in [2.45, 2.75) is 32.5 Å². The van der Waals surface area contributed by atoms with Gasteiger partial charge in [0.1, 0.15) is 12.5 Å². The molecule has 1 unspecified atom stereocenters. The van der Waals surface area contributed by atoms with Gasteiger partial charge >= 0.3 is 5.97 Å². The van der Waals surface area contributed by atoms with Crippen LogP contribution in [0.25, 0.3) is 0 Å². The molecule has 0 radical (unpaired) electrons. The van der Waals surface area contributed by atoms with Crippen LogP contribution >= 0.6 is 0 Å². The summed E-state index contributed by atoms with van der Waals surface area (Å²) in [5.41, 5.74) is 6.77. The lowest BCUT2D eigenvalue weighted by Crippen LogP contribution is -2.13. The molecule has 1 aromatic carbocycles. The standard InChI is InChI=1S/C12H15F2NO2/c1-7-4-8(5-10(14)9(7)6-13)11(15)2-3-12(16)17/h4-5,11H,2-3,6,15H2,1H3,(H,16,17).